The maximum atomic E-state index is 5.54. The maximum Gasteiger partial charge on any atom is 0.216 e. The van der Waals surface area contributed by atoms with Crippen molar-refractivity contribution >= 4 is 0 Å². The molecule has 0 N–H and O–H groups in total. The van der Waals surface area contributed by atoms with E-state index < -0.39 is 0 Å². The van der Waals surface area contributed by atoms with Gasteiger partial charge < -0.3 is 4.74 Å². The molecule has 0 unspecified atom stereocenters. The van der Waals surface area contributed by atoms with Crippen LogP contribution in [0.25, 0.3) is 0 Å². The van der Waals surface area contributed by atoms with Crippen molar-refractivity contribution in [1.82, 2.24) is 9.97 Å². The van der Waals surface area contributed by atoms with Crippen molar-refractivity contribution in [2.45, 2.75) is 13.3 Å². The average Bonchev–Trinajstić information content (AvgIpc) is 2.30. The fourth-order valence-corrected chi connectivity index (χ4v) is 1.43. The van der Waals surface area contributed by atoms with Gasteiger partial charge in [0.1, 0.15) is 6.33 Å². The third kappa shape index (κ3) is 3.05. The highest BCUT2D eigenvalue weighted by atomic mass is 16.5. The van der Waals surface area contributed by atoms with Crippen LogP contribution >= 0.6 is 0 Å². The number of hydrogen-bond donors (Lipinski definition) is 0. The van der Waals surface area contributed by atoms with Gasteiger partial charge in [-0.3, -0.25) is 0 Å². The number of hydrogen-bond acceptors (Lipinski definition) is 3. The van der Waals surface area contributed by atoms with Gasteiger partial charge in [-0.25, -0.2) is 9.97 Å². The maximum absolute atomic E-state index is 5.54. The predicted octanol–water partition coefficient (Wildman–Crippen LogP) is 2.41. The molecule has 0 spiro atoms. The molecule has 3 heteroatoms. The summed E-state index contributed by atoms with van der Waals surface area (Å²) in [5.74, 6) is 0.642. The summed E-state index contributed by atoms with van der Waals surface area (Å²) in [6.07, 6.45) is 2.41. The smallest absolute Gasteiger partial charge is 0.216 e. The third-order valence-corrected chi connectivity index (χ3v) is 2.26. The minimum absolute atomic E-state index is 0.639. The molecule has 0 saturated heterocycles. The first-order chi connectivity index (χ1) is 7.84. The van der Waals surface area contributed by atoms with Gasteiger partial charge >= 0.3 is 0 Å². The zero-order chi connectivity index (χ0) is 11.2. The Morgan fingerprint density at radius 1 is 1.12 bits per heavy atom. The van der Waals surface area contributed by atoms with Crippen molar-refractivity contribution in [2.75, 3.05) is 6.61 Å². The second-order valence-corrected chi connectivity index (χ2v) is 3.58. The quantitative estimate of drug-likeness (QED) is 0.784. The summed E-state index contributed by atoms with van der Waals surface area (Å²) in [6, 6.07) is 12.1. The molecule has 1 aromatic carbocycles. The fourth-order valence-electron chi connectivity index (χ4n) is 1.43. The van der Waals surface area contributed by atoms with Crippen LogP contribution in [0.5, 0.6) is 5.88 Å². The van der Waals surface area contributed by atoms with E-state index in [9.17, 15) is 0 Å². The number of aromatic nitrogens is 2. The lowest BCUT2D eigenvalue weighted by Gasteiger charge is -2.05. The Kier molecular flexibility index (Phi) is 3.49. The van der Waals surface area contributed by atoms with Crippen molar-refractivity contribution in [3.8, 4) is 5.88 Å². The molecule has 0 amide bonds. The highest BCUT2D eigenvalue weighted by Gasteiger charge is 1.97. The van der Waals surface area contributed by atoms with Gasteiger partial charge in [0.25, 0.3) is 0 Å². The van der Waals surface area contributed by atoms with E-state index in [1.165, 1.54) is 11.9 Å². The summed E-state index contributed by atoms with van der Waals surface area (Å²) in [6.45, 7) is 2.56. The number of aryl methyl sites for hydroxylation is 1. The summed E-state index contributed by atoms with van der Waals surface area (Å²) in [5, 5.41) is 0. The van der Waals surface area contributed by atoms with Crippen LogP contribution < -0.4 is 4.74 Å². The van der Waals surface area contributed by atoms with Gasteiger partial charge in [-0.15, -0.1) is 0 Å². The van der Waals surface area contributed by atoms with Crippen molar-refractivity contribution in [3.63, 3.8) is 0 Å². The SMILES string of the molecule is Cc1cc(OCCc2ccccc2)ncn1. The van der Waals surface area contributed by atoms with Crippen molar-refractivity contribution < 1.29 is 4.74 Å². The Morgan fingerprint density at radius 3 is 2.69 bits per heavy atom. The molecule has 0 bridgehead atoms. The second-order valence-electron chi connectivity index (χ2n) is 3.58. The summed E-state index contributed by atoms with van der Waals surface area (Å²) >= 11 is 0. The topological polar surface area (TPSA) is 35.0 Å². The van der Waals surface area contributed by atoms with Crippen molar-refractivity contribution in [2.24, 2.45) is 0 Å². The monoisotopic (exact) mass is 214 g/mol. The molecule has 3 nitrogen and oxygen atoms in total. The third-order valence-electron chi connectivity index (χ3n) is 2.26. The molecule has 0 radical (unpaired) electrons. The van der Waals surface area contributed by atoms with E-state index in [0.29, 0.717) is 12.5 Å². The number of benzene rings is 1. The summed E-state index contributed by atoms with van der Waals surface area (Å²) < 4.78 is 5.54. The molecule has 2 rings (SSSR count). The molecule has 0 aliphatic rings. The van der Waals surface area contributed by atoms with Crippen LogP contribution in [0.3, 0.4) is 0 Å². The van der Waals surface area contributed by atoms with Gasteiger partial charge in [-0.2, -0.15) is 0 Å². The lowest BCUT2D eigenvalue weighted by atomic mass is 10.2. The molecule has 16 heavy (non-hydrogen) atoms. The zero-order valence-electron chi connectivity index (χ0n) is 9.26. The standard InChI is InChI=1S/C13H14N2O/c1-11-9-13(15-10-14-11)16-8-7-12-5-3-2-4-6-12/h2-6,9-10H,7-8H2,1H3. The lowest BCUT2D eigenvalue weighted by molar-refractivity contribution is 0.308. The van der Waals surface area contributed by atoms with Crippen LogP contribution in [0.1, 0.15) is 11.3 Å². The molecule has 0 aliphatic heterocycles. The molecule has 1 aromatic heterocycles. The lowest BCUT2D eigenvalue weighted by Crippen LogP contribution is -2.03. The molecule has 0 atom stereocenters. The minimum atomic E-state index is 0.639. The molecule has 0 aliphatic carbocycles. The Hall–Kier alpha value is -1.90. The first-order valence-corrected chi connectivity index (χ1v) is 5.30. The fraction of sp³-hybridized carbons (Fsp3) is 0.231. The number of rotatable bonds is 4. The van der Waals surface area contributed by atoms with Gasteiger partial charge in [0.05, 0.1) is 6.61 Å². The highest BCUT2D eigenvalue weighted by Crippen LogP contribution is 2.07. The largest absolute Gasteiger partial charge is 0.477 e. The van der Waals surface area contributed by atoms with Crippen LogP contribution in [-0.2, 0) is 6.42 Å². The number of ether oxygens (including phenoxy) is 1. The molecule has 1 heterocycles. The Labute approximate surface area is 95.1 Å². The van der Waals surface area contributed by atoms with Gasteiger partial charge in [-0.1, -0.05) is 30.3 Å². The van der Waals surface area contributed by atoms with E-state index in [0.717, 1.165) is 12.1 Å². The molecule has 2 aromatic rings. The van der Waals surface area contributed by atoms with Crippen LogP contribution in [0.4, 0.5) is 0 Å². The van der Waals surface area contributed by atoms with E-state index in [1.54, 1.807) is 0 Å². The van der Waals surface area contributed by atoms with E-state index >= 15 is 0 Å². The summed E-state index contributed by atoms with van der Waals surface area (Å²) in [4.78, 5) is 8.05. The highest BCUT2D eigenvalue weighted by molar-refractivity contribution is 5.15. The van der Waals surface area contributed by atoms with Crippen LogP contribution in [0.2, 0.25) is 0 Å². The Balaban J connectivity index is 1.85. The van der Waals surface area contributed by atoms with Crippen molar-refractivity contribution in [3.05, 3.63) is 54.0 Å². The Morgan fingerprint density at radius 2 is 1.94 bits per heavy atom. The van der Waals surface area contributed by atoms with Crippen LogP contribution in [-0.4, -0.2) is 16.6 Å². The summed E-state index contributed by atoms with van der Waals surface area (Å²) in [7, 11) is 0. The second kappa shape index (κ2) is 5.26. The van der Waals surface area contributed by atoms with Gasteiger partial charge in [-0.05, 0) is 12.5 Å². The Bertz CT molecular complexity index is 443. The van der Waals surface area contributed by atoms with Gasteiger partial charge in [0.15, 0.2) is 0 Å². The van der Waals surface area contributed by atoms with Gasteiger partial charge in [0.2, 0.25) is 5.88 Å². The van der Waals surface area contributed by atoms with E-state index in [4.69, 9.17) is 4.74 Å². The summed E-state index contributed by atoms with van der Waals surface area (Å²) in [5.41, 5.74) is 2.19. The molecule has 82 valence electrons. The number of nitrogens with zero attached hydrogens (tertiary/aromatic N) is 2. The van der Waals surface area contributed by atoms with Crippen molar-refractivity contribution in [1.29, 1.82) is 0 Å². The zero-order valence-corrected chi connectivity index (χ0v) is 9.26. The van der Waals surface area contributed by atoms with Gasteiger partial charge in [0, 0.05) is 18.2 Å². The first kappa shape index (κ1) is 10.6. The average molecular weight is 214 g/mol. The molecule has 0 saturated carbocycles. The van der Waals surface area contributed by atoms with E-state index in [-0.39, 0.29) is 0 Å². The van der Waals surface area contributed by atoms with E-state index in [1.807, 2.05) is 31.2 Å². The normalized spacial score (nSPS) is 10.1. The molecule has 0 fully saturated rings. The minimum Gasteiger partial charge on any atom is -0.477 e. The van der Waals surface area contributed by atoms with E-state index in [2.05, 4.69) is 22.1 Å². The first-order valence-electron chi connectivity index (χ1n) is 5.30. The predicted molar refractivity (Wildman–Crippen MR) is 62.4 cm³/mol. The molecular weight excluding hydrogens is 200 g/mol. The van der Waals surface area contributed by atoms with Crippen LogP contribution in [0, 0.1) is 6.92 Å². The molecular formula is C13H14N2O. The van der Waals surface area contributed by atoms with Crippen LogP contribution in [0.15, 0.2) is 42.7 Å².